The van der Waals surface area contributed by atoms with Crippen molar-refractivity contribution in [3.63, 3.8) is 0 Å². The Morgan fingerprint density at radius 1 is 1.16 bits per heavy atom. The van der Waals surface area contributed by atoms with Crippen LogP contribution in [0.15, 0.2) is 30.6 Å². The van der Waals surface area contributed by atoms with E-state index in [0.29, 0.717) is 39.7 Å². The third kappa shape index (κ3) is 2.17. The zero-order valence-corrected chi connectivity index (χ0v) is 11.3. The third-order valence-corrected chi connectivity index (χ3v) is 3.63. The highest BCUT2D eigenvalue weighted by atomic mass is 35.5. The number of aromatic nitrogens is 2. The molecule has 1 aliphatic rings. The van der Waals surface area contributed by atoms with E-state index in [1.807, 2.05) is 12.2 Å². The number of carbonyl (C=O) groups excluding carboxylic acids is 1. The van der Waals surface area contributed by atoms with E-state index < -0.39 is 0 Å². The summed E-state index contributed by atoms with van der Waals surface area (Å²) in [4.78, 5) is 22.0. The van der Waals surface area contributed by atoms with Crippen molar-refractivity contribution in [3.05, 3.63) is 46.4 Å². The van der Waals surface area contributed by atoms with E-state index in [-0.39, 0.29) is 5.91 Å². The van der Waals surface area contributed by atoms with Crippen LogP contribution in [0, 0.1) is 0 Å². The molecule has 6 heteroatoms. The molecule has 0 atom stereocenters. The first kappa shape index (κ1) is 12.4. The summed E-state index contributed by atoms with van der Waals surface area (Å²) < 4.78 is 0. The number of hydrogen-bond donors (Lipinski definition) is 0. The van der Waals surface area contributed by atoms with E-state index in [9.17, 15) is 4.79 Å². The molecule has 4 nitrogen and oxygen atoms in total. The summed E-state index contributed by atoms with van der Waals surface area (Å²) in [7, 11) is 0. The zero-order chi connectivity index (χ0) is 13.4. The van der Waals surface area contributed by atoms with Crippen molar-refractivity contribution in [2.24, 2.45) is 0 Å². The lowest BCUT2D eigenvalue weighted by atomic mass is 10.1. The number of amides is 1. The summed E-state index contributed by atoms with van der Waals surface area (Å²) in [6.07, 6.45) is 5.27. The van der Waals surface area contributed by atoms with Gasteiger partial charge in [0.1, 0.15) is 11.5 Å². The number of benzene rings is 1. The number of rotatable bonds is 1. The van der Waals surface area contributed by atoms with E-state index in [0.717, 1.165) is 0 Å². The molecule has 0 radical (unpaired) electrons. The molecule has 1 aromatic heterocycles. The largest absolute Gasteiger partial charge is 0.331 e. The fourth-order valence-electron chi connectivity index (χ4n) is 2.02. The van der Waals surface area contributed by atoms with Gasteiger partial charge in [0, 0.05) is 18.5 Å². The Bertz CT molecular complexity index is 692. The van der Waals surface area contributed by atoms with Gasteiger partial charge in [-0.2, -0.15) is 0 Å². The molecule has 0 bridgehead atoms. The summed E-state index contributed by atoms with van der Waals surface area (Å²) in [5, 5.41) is 1.33. The normalized spacial score (nSPS) is 14.3. The molecule has 3 rings (SSSR count). The van der Waals surface area contributed by atoms with Gasteiger partial charge in [-0.3, -0.25) is 4.79 Å². The van der Waals surface area contributed by atoms with Gasteiger partial charge in [-0.25, -0.2) is 9.97 Å². The average molecular weight is 294 g/mol. The fraction of sp³-hybridized carbons (Fsp3) is 0.154. The van der Waals surface area contributed by atoms with Crippen LogP contribution >= 0.6 is 23.2 Å². The first-order valence-corrected chi connectivity index (χ1v) is 6.46. The molecule has 0 saturated carbocycles. The standard InChI is InChI=1S/C13H9Cl2N3O/c14-10-5-9-11(16-7-17-12(9)15)6-8(10)13(19)18-3-1-2-4-18/h1-2,5-7H,3-4H2. The van der Waals surface area contributed by atoms with Gasteiger partial charge in [-0.1, -0.05) is 35.4 Å². The zero-order valence-electron chi connectivity index (χ0n) is 9.81. The van der Waals surface area contributed by atoms with Crippen LogP contribution in [-0.2, 0) is 0 Å². The highest BCUT2D eigenvalue weighted by Crippen LogP contribution is 2.27. The smallest absolute Gasteiger partial charge is 0.256 e. The van der Waals surface area contributed by atoms with Crippen LogP contribution in [0.5, 0.6) is 0 Å². The maximum atomic E-state index is 12.3. The van der Waals surface area contributed by atoms with Gasteiger partial charge >= 0.3 is 0 Å². The molecule has 96 valence electrons. The molecule has 2 aromatic rings. The van der Waals surface area contributed by atoms with Gasteiger partial charge in [0.05, 0.1) is 16.1 Å². The molecule has 0 aliphatic carbocycles. The van der Waals surface area contributed by atoms with Crippen molar-refractivity contribution in [1.29, 1.82) is 0 Å². The second-order valence-corrected chi connectivity index (χ2v) is 4.96. The van der Waals surface area contributed by atoms with Crippen LogP contribution in [0.4, 0.5) is 0 Å². The van der Waals surface area contributed by atoms with Crippen molar-refractivity contribution in [3.8, 4) is 0 Å². The summed E-state index contributed by atoms with van der Waals surface area (Å²) in [6, 6.07) is 3.29. The van der Waals surface area contributed by atoms with E-state index >= 15 is 0 Å². The van der Waals surface area contributed by atoms with Gasteiger partial charge in [0.2, 0.25) is 0 Å². The second-order valence-electron chi connectivity index (χ2n) is 4.20. The number of nitrogens with zero attached hydrogens (tertiary/aromatic N) is 3. The molecule has 1 aromatic carbocycles. The molecular weight excluding hydrogens is 285 g/mol. The second kappa shape index (κ2) is 4.79. The number of hydrogen-bond acceptors (Lipinski definition) is 3. The number of halogens is 2. The lowest BCUT2D eigenvalue weighted by Gasteiger charge is -2.16. The van der Waals surface area contributed by atoms with E-state index in [2.05, 4.69) is 9.97 Å². The molecule has 0 unspecified atom stereocenters. The molecule has 1 amide bonds. The Balaban J connectivity index is 2.09. The Labute approximate surface area is 119 Å². The number of carbonyl (C=O) groups is 1. The lowest BCUT2D eigenvalue weighted by molar-refractivity contribution is 0.0800. The van der Waals surface area contributed by atoms with Crippen LogP contribution in [-0.4, -0.2) is 33.9 Å². The molecule has 19 heavy (non-hydrogen) atoms. The monoisotopic (exact) mass is 293 g/mol. The molecule has 0 N–H and O–H groups in total. The summed E-state index contributed by atoms with van der Waals surface area (Å²) >= 11 is 12.1. The average Bonchev–Trinajstić information content (AvgIpc) is 2.92. The van der Waals surface area contributed by atoms with Crippen molar-refractivity contribution < 1.29 is 4.79 Å². The maximum absolute atomic E-state index is 12.3. The van der Waals surface area contributed by atoms with Crippen LogP contribution in [0.1, 0.15) is 10.4 Å². The third-order valence-electron chi connectivity index (χ3n) is 3.01. The van der Waals surface area contributed by atoms with E-state index in [1.54, 1.807) is 17.0 Å². The van der Waals surface area contributed by atoms with Crippen LogP contribution in [0.3, 0.4) is 0 Å². The van der Waals surface area contributed by atoms with Crippen molar-refractivity contribution in [2.75, 3.05) is 13.1 Å². The molecule has 0 fully saturated rings. The van der Waals surface area contributed by atoms with Gasteiger partial charge in [-0.15, -0.1) is 0 Å². The quantitative estimate of drug-likeness (QED) is 0.600. The predicted molar refractivity (Wildman–Crippen MR) is 74.6 cm³/mol. The van der Waals surface area contributed by atoms with Gasteiger partial charge in [0.15, 0.2) is 0 Å². The number of fused-ring (bicyclic) bond motifs is 1. The highest BCUT2D eigenvalue weighted by Gasteiger charge is 2.20. The van der Waals surface area contributed by atoms with Crippen molar-refractivity contribution in [1.82, 2.24) is 14.9 Å². The van der Waals surface area contributed by atoms with Gasteiger partial charge < -0.3 is 4.90 Å². The SMILES string of the molecule is O=C(c1cc2ncnc(Cl)c2cc1Cl)N1CC=CC1. The summed E-state index contributed by atoms with van der Waals surface area (Å²) in [5.74, 6) is -0.105. The van der Waals surface area contributed by atoms with Crippen LogP contribution < -0.4 is 0 Å². The highest BCUT2D eigenvalue weighted by molar-refractivity contribution is 6.37. The van der Waals surface area contributed by atoms with E-state index in [4.69, 9.17) is 23.2 Å². The molecule has 0 saturated heterocycles. The van der Waals surface area contributed by atoms with Gasteiger partial charge in [0.25, 0.3) is 5.91 Å². The Hall–Kier alpha value is -1.65. The van der Waals surface area contributed by atoms with Crippen molar-refractivity contribution in [2.45, 2.75) is 0 Å². The predicted octanol–water partition coefficient (Wildman–Crippen LogP) is 2.95. The first-order valence-electron chi connectivity index (χ1n) is 5.71. The minimum absolute atomic E-state index is 0.105. The molecule has 2 heterocycles. The maximum Gasteiger partial charge on any atom is 0.256 e. The molecular formula is C13H9Cl2N3O. The van der Waals surface area contributed by atoms with E-state index in [1.165, 1.54) is 6.33 Å². The van der Waals surface area contributed by atoms with Gasteiger partial charge in [-0.05, 0) is 12.1 Å². The Kier molecular flexibility index (Phi) is 3.12. The fourth-order valence-corrected chi connectivity index (χ4v) is 2.46. The van der Waals surface area contributed by atoms with Crippen LogP contribution in [0.2, 0.25) is 10.2 Å². The summed E-state index contributed by atoms with van der Waals surface area (Å²) in [6.45, 7) is 1.22. The van der Waals surface area contributed by atoms with Crippen LogP contribution in [0.25, 0.3) is 10.9 Å². The summed E-state index contributed by atoms with van der Waals surface area (Å²) in [5.41, 5.74) is 1.05. The molecule has 1 aliphatic heterocycles. The topological polar surface area (TPSA) is 46.1 Å². The Morgan fingerprint density at radius 3 is 2.63 bits per heavy atom. The first-order chi connectivity index (χ1) is 9.16. The van der Waals surface area contributed by atoms with Crippen molar-refractivity contribution >= 4 is 40.0 Å². The lowest BCUT2D eigenvalue weighted by Crippen LogP contribution is -2.28. The minimum Gasteiger partial charge on any atom is -0.331 e. The Morgan fingerprint density at radius 2 is 1.89 bits per heavy atom. The molecule has 0 spiro atoms. The minimum atomic E-state index is -0.105.